The van der Waals surface area contributed by atoms with Gasteiger partial charge in [0, 0.05) is 17.1 Å². The maximum atomic E-state index is 12.3. The summed E-state index contributed by atoms with van der Waals surface area (Å²) in [6, 6.07) is 8.56. The monoisotopic (exact) mass is 314 g/mol. The number of ether oxygens (including phenoxy) is 1. The standard InChI is InChI=1S/C17H18N2O4/c1-22-15-5-2-4-12-17(15)11(9-18-12)8-16(21)19-13(10-20)14-6-3-7-23-14/h2-7,9,13,18,20H,8,10H2,1H3,(H,19,21). The number of carbonyl (C=O) groups excluding carboxylic acids is 1. The number of H-pyrrole nitrogens is 1. The number of furan rings is 1. The third kappa shape index (κ3) is 3.07. The summed E-state index contributed by atoms with van der Waals surface area (Å²) >= 11 is 0. The molecule has 0 bridgehead atoms. The average Bonchev–Trinajstić information content (AvgIpc) is 3.22. The Kier molecular flexibility index (Phi) is 4.34. The van der Waals surface area contributed by atoms with Gasteiger partial charge in [0.05, 0.1) is 26.4 Å². The molecule has 6 heteroatoms. The molecule has 2 heterocycles. The van der Waals surface area contributed by atoms with Crippen LogP contribution in [0.2, 0.25) is 0 Å². The second-order valence-electron chi connectivity index (χ2n) is 5.19. The highest BCUT2D eigenvalue weighted by Gasteiger charge is 2.18. The first-order chi connectivity index (χ1) is 11.2. The van der Waals surface area contributed by atoms with Crippen molar-refractivity contribution in [3.8, 4) is 5.75 Å². The minimum absolute atomic E-state index is 0.178. The van der Waals surface area contributed by atoms with Gasteiger partial charge in [0.25, 0.3) is 0 Å². The molecule has 0 saturated carbocycles. The van der Waals surface area contributed by atoms with Gasteiger partial charge in [-0.2, -0.15) is 0 Å². The number of amides is 1. The summed E-state index contributed by atoms with van der Waals surface area (Å²) in [6.07, 6.45) is 3.49. The normalized spacial score (nSPS) is 12.3. The molecule has 2 aromatic heterocycles. The van der Waals surface area contributed by atoms with Crippen LogP contribution in [0.4, 0.5) is 0 Å². The van der Waals surface area contributed by atoms with Gasteiger partial charge in [0.1, 0.15) is 17.6 Å². The number of aliphatic hydroxyl groups excluding tert-OH is 1. The minimum Gasteiger partial charge on any atom is -0.496 e. The highest BCUT2D eigenvalue weighted by atomic mass is 16.5. The van der Waals surface area contributed by atoms with Crippen LogP contribution in [0.3, 0.4) is 0 Å². The predicted molar refractivity (Wildman–Crippen MR) is 85.2 cm³/mol. The molecule has 0 spiro atoms. The number of rotatable bonds is 6. The molecule has 3 N–H and O–H groups in total. The molecule has 1 atom stereocenters. The van der Waals surface area contributed by atoms with Gasteiger partial charge in [0.15, 0.2) is 0 Å². The zero-order valence-electron chi connectivity index (χ0n) is 12.7. The fraction of sp³-hybridized carbons (Fsp3) is 0.235. The second-order valence-corrected chi connectivity index (χ2v) is 5.19. The predicted octanol–water partition coefficient (Wildman–Crippen LogP) is 2.16. The van der Waals surface area contributed by atoms with E-state index in [2.05, 4.69) is 10.3 Å². The first-order valence-corrected chi connectivity index (χ1v) is 7.29. The van der Waals surface area contributed by atoms with Crippen LogP contribution < -0.4 is 10.1 Å². The highest BCUT2D eigenvalue weighted by molar-refractivity contribution is 5.93. The molecule has 1 amide bonds. The summed E-state index contributed by atoms with van der Waals surface area (Å²) in [5, 5.41) is 13.1. The molecular weight excluding hydrogens is 296 g/mol. The Balaban J connectivity index is 1.78. The summed E-state index contributed by atoms with van der Waals surface area (Å²) in [7, 11) is 1.60. The molecule has 0 radical (unpaired) electrons. The third-order valence-corrected chi connectivity index (χ3v) is 3.72. The number of aliphatic hydroxyl groups is 1. The quantitative estimate of drug-likeness (QED) is 0.650. The second kappa shape index (κ2) is 6.58. The van der Waals surface area contributed by atoms with Gasteiger partial charge < -0.3 is 24.6 Å². The Bertz CT molecular complexity index is 792. The Morgan fingerprint density at radius 3 is 2.96 bits per heavy atom. The molecule has 3 aromatic rings. The van der Waals surface area contributed by atoms with Crippen molar-refractivity contribution in [3.63, 3.8) is 0 Å². The van der Waals surface area contributed by atoms with E-state index in [0.29, 0.717) is 5.76 Å². The summed E-state index contributed by atoms with van der Waals surface area (Å²) in [4.78, 5) is 15.4. The zero-order chi connectivity index (χ0) is 16.2. The minimum atomic E-state index is -0.551. The molecule has 120 valence electrons. The van der Waals surface area contributed by atoms with E-state index in [1.165, 1.54) is 6.26 Å². The van der Waals surface area contributed by atoms with Crippen molar-refractivity contribution >= 4 is 16.8 Å². The van der Waals surface area contributed by atoms with Crippen molar-refractivity contribution in [2.45, 2.75) is 12.5 Å². The van der Waals surface area contributed by atoms with E-state index in [1.807, 2.05) is 18.2 Å². The van der Waals surface area contributed by atoms with Crippen LogP contribution in [0, 0.1) is 0 Å². The maximum Gasteiger partial charge on any atom is 0.225 e. The lowest BCUT2D eigenvalue weighted by atomic mass is 10.1. The molecule has 1 aromatic carbocycles. The first-order valence-electron chi connectivity index (χ1n) is 7.29. The summed E-state index contributed by atoms with van der Waals surface area (Å²) in [5.74, 6) is 1.04. The number of aromatic nitrogens is 1. The maximum absolute atomic E-state index is 12.3. The van der Waals surface area contributed by atoms with Crippen molar-refractivity contribution in [1.82, 2.24) is 10.3 Å². The van der Waals surface area contributed by atoms with Crippen LogP contribution in [0.1, 0.15) is 17.4 Å². The molecule has 0 aliphatic heterocycles. The van der Waals surface area contributed by atoms with E-state index in [0.717, 1.165) is 22.2 Å². The van der Waals surface area contributed by atoms with Crippen LogP contribution in [0.5, 0.6) is 5.75 Å². The fourth-order valence-electron chi connectivity index (χ4n) is 2.64. The molecule has 1 unspecified atom stereocenters. The van der Waals surface area contributed by atoms with Crippen LogP contribution >= 0.6 is 0 Å². The van der Waals surface area contributed by atoms with Gasteiger partial charge in [0.2, 0.25) is 5.91 Å². The SMILES string of the molecule is COc1cccc2[nH]cc(CC(=O)NC(CO)c3ccco3)c12. The molecule has 0 fully saturated rings. The van der Waals surface area contributed by atoms with Crippen LogP contribution in [0.25, 0.3) is 10.9 Å². The Labute approximate surface area is 133 Å². The van der Waals surface area contributed by atoms with Crippen molar-refractivity contribution in [1.29, 1.82) is 0 Å². The number of fused-ring (bicyclic) bond motifs is 1. The van der Waals surface area contributed by atoms with Crippen molar-refractivity contribution < 1.29 is 19.1 Å². The van der Waals surface area contributed by atoms with E-state index in [9.17, 15) is 9.90 Å². The third-order valence-electron chi connectivity index (χ3n) is 3.72. The average molecular weight is 314 g/mol. The highest BCUT2D eigenvalue weighted by Crippen LogP contribution is 2.28. The van der Waals surface area contributed by atoms with E-state index in [4.69, 9.17) is 9.15 Å². The van der Waals surface area contributed by atoms with Gasteiger partial charge in [-0.15, -0.1) is 0 Å². The molecule has 6 nitrogen and oxygen atoms in total. The lowest BCUT2D eigenvalue weighted by molar-refractivity contribution is -0.121. The Hall–Kier alpha value is -2.73. The molecular formula is C17H18N2O4. The first kappa shape index (κ1) is 15.2. The number of benzene rings is 1. The largest absolute Gasteiger partial charge is 0.496 e. The summed E-state index contributed by atoms with van der Waals surface area (Å²) in [5.41, 5.74) is 1.75. The van der Waals surface area contributed by atoms with Gasteiger partial charge in [-0.25, -0.2) is 0 Å². The lowest BCUT2D eigenvalue weighted by Gasteiger charge is -2.14. The van der Waals surface area contributed by atoms with E-state index >= 15 is 0 Å². The fourth-order valence-corrected chi connectivity index (χ4v) is 2.64. The zero-order valence-corrected chi connectivity index (χ0v) is 12.7. The van der Waals surface area contributed by atoms with E-state index in [-0.39, 0.29) is 18.9 Å². The summed E-state index contributed by atoms with van der Waals surface area (Å²) < 4.78 is 10.6. The van der Waals surface area contributed by atoms with Crippen molar-refractivity contribution in [2.24, 2.45) is 0 Å². The number of hydrogen-bond donors (Lipinski definition) is 3. The molecule has 0 aliphatic rings. The van der Waals surface area contributed by atoms with Gasteiger partial charge >= 0.3 is 0 Å². The van der Waals surface area contributed by atoms with Crippen LogP contribution in [-0.4, -0.2) is 29.7 Å². The van der Waals surface area contributed by atoms with Crippen LogP contribution in [0.15, 0.2) is 47.2 Å². The Morgan fingerprint density at radius 1 is 1.39 bits per heavy atom. The molecule has 0 saturated heterocycles. The van der Waals surface area contributed by atoms with Gasteiger partial charge in [-0.3, -0.25) is 4.79 Å². The Morgan fingerprint density at radius 2 is 2.26 bits per heavy atom. The topological polar surface area (TPSA) is 87.5 Å². The molecule has 0 aliphatic carbocycles. The van der Waals surface area contributed by atoms with Crippen molar-refractivity contribution in [3.05, 3.63) is 54.1 Å². The molecule has 3 rings (SSSR count). The van der Waals surface area contributed by atoms with Crippen molar-refractivity contribution in [2.75, 3.05) is 13.7 Å². The number of aromatic amines is 1. The smallest absolute Gasteiger partial charge is 0.225 e. The lowest BCUT2D eigenvalue weighted by Crippen LogP contribution is -2.31. The number of hydrogen-bond acceptors (Lipinski definition) is 4. The van der Waals surface area contributed by atoms with E-state index in [1.54, 1.807) is 25.4 Å². The van der Waals surface area contributed by atoms with Gasteiger partial charge in [-0.1, -0.05) is 6.07 Å². The number of carbonyl (C=O) groups is 1. The molecule has 23 heavy (non-hydrogen) atoms. The number of nitrogens with one attached hydrogen (secondary N) is 2. The van der Waals surface area contributed by atoms with Gasteiger partial charge in [-0.05, 0) is 29.8 Å². The summed E-state index contributed by atoms with van der Waals surface area (Å²) in [6.45, 7) is -0.226. The van der Waals surface area contributed by atoms with E-state index < -0.39 is 6.04 Å². The number of methoxy groups -OCH3 is 1. The van der Waals surface area contributed by atoms with Crippen LogP contribution in [-0.2, 0) is 11.2 Å².